The summed E-state index contributed by atoms with van der Waals surface area (Å²) in [7, 11) is 0. The van der Waals surface area contributed by atoms with Crippen molar-refractivity contribution in [1.29, 1.82) is 0 Å². The molecule has 0 aliphatic rings. The van der Waals surface area contributed by atoms with Crippen LogP contribution in [0, 0.1) is 20.4 Å². The van der Waals surface area contributed by atoms with E-state index >= 15 is 0 Å². The summed E-state index contributed by atoms with van der Waals surface area (Å²) in [4.78, 5) is 0. The third-order valence-electron chi connectivity index (χ3n) is 1.85. The molecule has 114 valence electrons. The predicted molar refractivity (Wildman–Crippen MR) is 80.8 cm³/mol. The van der Waals surface area contributed by atoms with Gasteiger partial charge in [-0.05, 0) is 0 Å². The number of hydrogen-bond donors (Lipinski definition) is 0. The van der Waals surface area contributed by atoms with E-state index in [0.717, 1.165) is 12.0 Å². The molecule has 0 bridgehead atoms. The van der Waals surface area contributed by atoms with Crippen LogP contribution in [0.4, 0.5) is 0 Å². The van der Waals surface area contributed by atoms with Gasteiger partial charge >= 0.3 is 41.0 Å². The van der Waals surface area contributed by atoms with Gasteiger partial charge in [0, 0.05) is 0 Å². The Hall–Kier alpha value is 0.150. The summed E-state index contributed by atoms with van der Waals surface area (Å²) in [6.45, 7) is 17.7. The summed E-state index contributed by atoms with van der Waals surface area (Å²) in [6.07, 6.45) is 4.77. The Bertz CT molecular complexity index is 356. The molecule has 0 aromatic heterocycles. The monoisotopic (exact) mass is 480 g/mol. The topological polar surface area (TPSA) is 0 Å². The molecule has 0 N–H and O–H groups in total. The molecular formula is C17H26Cl2Hf-2. The first-order valence-electron chi connectivity index (χ1n) is 6.26. The van der Waals surface area contributed by atoms with Crippen molar-refractivity contribution in [2.75, 3.05) is 0 Å². The van der Waals surface area contributed by atoms with Crippen molar-refractivity contribution >= 4 is 3.26 Å². The van der Waals surface area contributed by atoms with Gasteiger partial charge in [-0.25, -0.2) is 23.3 Å². The van der Waals surface area contributed by atoms with Gasteiger partial charge in [0.05, 0.1) is 0 Å². The normalized spacial score (nSPS) is 8.70. The van der Waals surface area contributed by atoms with Gasteiger partial charge in [-0.2, -0.15) is 23.8 Å². The molecule has 1 aromatic rings. The van der Waals surface area contributed by atoms with Crippen molar-refractivity contribution in [2.45, 2.75) is 48.0 Å². The van der Waals surface area contributed by atoms with Gasteiger partial charge < -0.3 is 24.8 Å². The molecule has 1 aromatic carbocycles. The van der Waals surface area contributed by atoms with E-state index in [2.05, 4.69) is 58.9 Å². The summed E-state index contributed by atoms with van der Waals surface area (Å²) < 4.78 is 1.56. The second-order valence-electron chi connectivity index (χ2n) is 4.49. The molecule has 0 unspecified atom stereocenters. The third kappa shape index (κ3) is 26.7. The minimum absolute atomic E-state index is 0. The second-order valence-corrected chi connectivity index (χ2v) is 8.08. The van der Waals surface area contributed by atoms with Gasteiger partial charge in [0.15, 0.2) is 0 Å². The average Bonchev–Trinajstić information content (AvgIpc) is 2.63. The third-order valence-corrected chi connectivity index (χ3v) is 1.85. The SMILES string of the molecule is C[C](C)=[Hf+2].Cc1c[cH-]c(C)c1.[CH-]=CC(C)=CCC.[Cl-].[Cl-]. The maximum Gasteiger partial charge on any atom is -0.0539 e. The molecule has 0 fully saturated rings. The molecule has 0 atom stereocenters. The van der Waals surface area contributed by atoms with Crippen LogP contribution < -0.4 is 24.8 Å². The molecule has 0 heterocycles. The van der Waals surface area contributed by atoms with Crippen LogP contribution in [0.3, 0.4) is 0 Å². The van der Waals surface area contributed by atoms with E-state index in [9.17, 15) is 0 Å². The van der Waals surface area contributed by atoms with Crippen LogP contribution in [-0.4, -0.2) is 3.26 Å². The molecular weight excluding hydrogens is 454 g/mol. The maximum atomic E-state index is 5.16. The summed E-state index contributed by atoms with van der Waals surface area (Å²) in [5, 5.41) is 0. The van der Waals surface area contributed by atoms with Crippen molar-refractivity contribution in [3.63, 3.8) is 0 Å². The molecule has 0 amide bonds. The van der Waals surface area contributed by atoms with Gasteiger partial charge in [0.2, 0.25) is 0 Å². The van der Waals surface area contributed by atoms with Crippen LogP contribution in [0.25, 0.3) is 0 Å². The van der Waals surface area contributed by atoms with Crippen molar-refractivity contribution < 1.29 is 48.7 Å². The van der Waals surface area contributed by atoms with E-state index in [1.807, 2.05) is 6.92 Å². The van der Waals surface area contributed by atoms with Gasteiger partial charge in [-0.3, -0.25) is 6.58 Å². The molecule has 0 nitrogen and oxygen atoms in total. The first-order valence-corrected chi connectivity index (χ1v) is 8.06. The fourth-order valence-corrected chi connectivity index (χ4v) is 1.11. The van der Waals surface area contributed by atoms with E-state index in [1.54, 1.807) is 9.33 Å². The van der Waals surface area contributed by atoms with Crippen molar-refractivity contribution in [3.8, 4) is 0 Å². The second kappa shape index (κ2) is 19.2. The molecule has 0 spiro atoms. The zero-order valence-electron chi connectivity index (χ0n) is 13.4. The van der Waals surface area contributed by atoms with Crippen LogP contribution in [0.15, 0.2) is 35.9 Å². The minimum Gasteiger partial charge on any atom is -1.00 e. The standard InChI is InChI=1S/C7H9.C7H11.C3H6.2ClH.Hf/c1-6-3-4-7(2)5-6;1-4-6-7(3)5-2;1-3-2;;;/h3-5H,1-2H3;2,5-6H,4H2,1,3H3;1-2H3;2*1H;/q2*-1;;;;+2/p-2. The number of aryl methyl sites for hydroxylation is 2. The number of allylic oxidation sites excluding steroid dienone is 3. The first kappa shape index (κ1) is 28.3. The van der Waals surface area contributed by atoms with E-state index in [0.29, 0.717) is 0 Å². The van der Waals surface area contributed by atoms with E-state index in [-0.39, 0.29) is 24.8 Å². The van der Waals surface area contributed by atoms with Crippen molar-refractivity contribution in [2.24, 2.45) is 0 Å². The molecule has 1 rings (SSSR count). The van der Waals surface area contributed by atoms with Crippen LogP contribution in [0.5, 0.6) is 0 Å². The first-order chi connectivity index (χ1) is 8.33. The van der Waals surface area contributed by atoms with Crippen LogP contribution in [0.1, 0.15) is 45.2 Å². The number of rotatable bonds is 2. The van der Waals surface area contributed by atoms with E-state index < -0.39 is 0 Å². The molecule has 0 aliphatic carbocycles. The van der Waals surface area contributed by atoms with Gasteiger partial charge in [0.1, 0.15) is 0 Å². The van der Waals surface area contributed by atoms with Crippen LogP contribution >= 0.6 is 0 Å². The van der Waals surface area contributed by atoms with E-state index in [1.165, 1.54) is 35.0 Å². The smallest absolute Gasteiger partial charge is 0.0539 e. The fraction of sp³-hybridized carbons (Fsp3) is 0.412. The maximum absolute atomic E-state index is 5.16. The van der Waals surface area contributed by atoms with E-state index in [4.69, 9.17) is 6.58 Å². The molecule has 3 heteroatoms. The Morgan fingerprint density at radius 1 is 1.25 bits per heavy atom. The molecule has 0 aliphatic heterocycles. The molecule has 0 saturated carbocycles. The average molecular weight is 480 g/mol. The number of hydrogen-bond acceptors (Lipinski definition) is 0. The Kier molecular flexibility index (Phi) is 27.1. The van der Waals surface area contributed by atoms with Crippen molar-refractivity contribution in [3.05, 3.63) is 53.6 Å². The Balaban J connectivity index is -0.0000000950. The minimum atomic E-state index is 0. The summed E-state index contributed by atoms with van der Waals surface area (Å²) in [5.74, 6) is 0. The van der Waals surface area contributed by atoms with Crippen LogP contribution in [0.2, 0.25) is 0 Å². The fourth-order valence-electron chi connectivity index (χ4n) is 1.11. The Morgan fingerprint density at radius 3 is 1.80 bits per heavy atom. The summed E-state index contributed by atoms with van der Waals surface area (Å²) >= 11 is 1.27. The predicted octanol–water partition coefficient (Wildman–Crippen LogP) is -0.892. The molecule has 20 heavy (non-hydrogen) atoms. The number of halogens is 2. The Morgan fingerprint density at radius 2 is 1.70 bits per heavy atom. The van der Waals surface area contributed by atoms with Gasteiger partial charge in [-0.15, -0.1) is 6.92 Å². The Labute approximate surface area is 153 Å². The molecule has 0 radical (unpaired) electrons. The zero-order valence-corrected chi connectivity index (χ0v) is 18.5. The quantitative estimate of drug-likeness (QED) is 0.293. The van der Waals surface area contributed by atoms with Crippen LogP contribution in [-0.2, 0) is 23.9 Å². The molecule has 0 saturated heterocycles. The van der Waals surface area contributed by atoms with Gasteiger partial charge in [-0.1, -0.05) is 27.2 Å². The zero-order chi connectivity index (χ0) is 14.6. The van der Waals surface area contributed by atoms with Crippen molar-refractivity contribution in [1.82, 2.24) is 0 Å². The summed E-state index contributed by atoms with van der Waals surface area (Å²) in [6, 6.07) is 6.41. The van der Waals surface area contributed by atoms with Gasteiger partial charge in [0.25, 0.3) is 0 Å². The largest absolute Gasteiger partial charge is 1.00 e. The summed E-state index contributed by atoms with van der Waals surface area (Å²) in [5.41, 5.74) is 3.87.